The standard InChI is InChI=1S/C16H22ClNO5/c1-13(19)22-10-6-4-2-3-5-7-11-23-16-9-8-14(17)12-15(16)18(20)21/h8-9,12H,2-7,10-11H2,1H3. The van der Waals surface area contributed by atoms with E-state index in [1.165, 1.54) is 19.1 Å². The quantitative estimate of drug-likeness (QED) is 0.255. The van der Waals surface area contributed by atoms with Crippen molar-refractivity contribution < 1.29 is 19.2 Å². The van der Waals surface area contributed by atoms with E-state index in [4.69, 9.17) is 21.1 Å². The van der Waals surface area contributed by atoms with Crippen molar-refractivity contribution in [2.24, 2.45) is 0 Å². The van der Waals surface area contributed by atoms with Crippen LogP contribution in [-0.4, -0.2) is 24.1 Å². The van der Waals surface area contributed by atoms with Crippen molar-refractivity contribution >= 4 is 23.3 Å². The number of nitro benzene ring substituents is 1. The van der Waals surface area contributed by atoms with Crippen LogP contribution in [0.4, 0.5) is 5.69 Å². The lowest BCUT2D eigenvalue weighted by atomic mass is 10.1. The normalized spacial score (nSPS) is 10.3. The molecule has 0 unspecified atom stereocenters. The zero-order valence-electron chi connectivity index (χ0n) is 13.3. The van der Waals surface area contributed by atoms with Crippen molar-refractivity contribution in [3.05, 3.63) is 33.3 Å². The third-order valence-corrected chi connectivity index (χ3v) is 3.45. The van der Waals surface area contributed by atoms with Gasteiger partial charge in [-0.1, -0.05) is 37.3 Å². The van der Waals surface area contributed by atoms with Crippen molar-refractivity contribution in [1.29, 1.82) is 0 Å². The lowest BCUT2D eigenvalue weighted by Crippen LogP contribution is -2.01. The summed E-state index contributed by atoms with van der Waals surface area (Å²) in [5, 5.41) is 11.2. The summed E-state index contributed by atoms with van der Waals surface area (Å²) >= 11 is 5.75. The van der Waals surface area contributed by atoms with Gasteiger partial charge < -0.3 is 9.47 Å². The van der Waals surface area contributed by atoms with Crippen LogP contribution in [0.3, 0.4) is 0 Å². The second-order valence-corrected chi connectivity index (χ2v) is 5.62. The molecule has 0 aliphatic rings. The minimum absolute atomic E-state index is 0.108. The summed E-state index contributed by atoms with van der Waals surface area (Å²) in [5.74, 6) is 0.0132. The van der Waals surface area contributed by atoms with Crippen LogP contribution in [0.5, 0.6) is 5.75 Å². The van der Waals surface area contributed by atoms with Gasteiger partial charge in [0.2, 0.25) is 0 Å². The molecule has 0 N–H and O–H groups in total. The Morgan fingerprint density at radius 1 is 1.13 bits per heavy atom. The van der Waals surface area contributed by atoms with Gasteiger partial charge in [-0.15, -0.1) is 0 Å². The average Bonchev–Trinajstić information content (AvgIpc) is 2.49. The maximum atomic E-state index is 10.9. The van der Waals surface area contributed by atoms with E-state index in [1.807, 2.05) is 0 Å². The predicted molar refractivity (Wildman–Crippen MR) is 87.9 cm³/mol. The molecule has 0 aliphatic heterocycles. The molecule has 7 heteroatoms. The number of nitrogens with zero attached hydrogens (tertiary/aromatic N) is 1. The Morgan fingerprint density at radius 2 is 1.74 bits per heavy atom. The molecule has 0 atom stereocenters. The highest BCUT2D eigenvalue weighted by atomic mass is 35.5. The molecule has 0 bridgehead atoms. The highest BCUT2D eigenvalue weighted by Gasteiger charge is 2.15. The largest absolute Gasteiger partial charge is 0.487 e. The van der Waals surface area contributed by atoms with Gasteiger partial charge in [-0.3, -0.25) is 14.9 Å². The number of esters is 1. The lowest BCUT2D eigenvalue weighted by Gasteiger charge is -2.07. The van der Waals surface area contributed by atoms with Gasteiger partial charge in [-0.25, -0.2) is 0 Å². The Hall–Kier alpha value is -1.82. The molecule has 1 aromatic carbocycles. The Morgan fingerprint density at radius 3 is 2.35 bits per heavy atom. The number of rotatable bonds is 11. The van der Waals surface area contributed by atoms with Crippen LogP contribution in [0.2, 0.25) is 5.02 Å². The summed E-state index contributed by atoms with van der Waals surface area (Å²) in [5.41, 5.74) is -0.108. The molecule has 0 aromatic heterocycles. The van der Waals surface area contributed by atoms with Crippen LogP contribution < -0.4 is 4.74 Å². The summed E-state index contributed by atoms with van der Waals surface area (Å²) in [6, 6.07) is 4.39. The second kappa shape index (κ2) is 10.8. The van der Waals surface area contributed by atoms with Crippen LogP contribution in [0, 0.1) is 10.1 Å². The molecule has 0 saturated heterocycles. The van der Waals surface area contributed by atoms with E-state index in [2.05, 4.69) is 0 Å². The van der Waals surface area contributed by atoms with Crippen molar-refractivity contribution in [3.63, 3.8) is 0 Å². The minimum atomic E-state index is -0.496. The maximum Gasteiger partial charge on any atom is 0.312 e. The van der Waals surface area contributed by atoms with Gasteiger partial charge in [0.25, 0.3) is 0 Å². The number of hydrogen-bond acceptors (Lipinski definition) is 5. The number of ether oxygens (including phenoxy) is 2. The molecule has 0 aliphatic carbocycles. The Labute approximate surface area is 140 Å². The van der Waals surface area contributed by atoms with E-state index in [0.29, 0.717) is 18.2 Å². The van der Waals surface area contributed by atoms with Gasteiger partial charge >= 0.3 is 11.7 Å². The molecule has 0 spiro atoms. The number of carbonyl (C=O) groups is 1. The van der Waals surface area contributed by atoms with Gasteiger partial charge in [0, 0.05) is 18.0 Å². The highest BCUT2D eigenvalue weighted by molar-refractivity contribution is 6.30. The van der Waals surface area contributed by atoms with Gasteiger partial charge in [0.05, 0.1) is 18.1 Å². The van der Waals surface area contributed by atoms with E-state index < -0.39 is 4.92 Å². The summed E-state index contributed by atoms with van der Waals surface area (Å²) in [4.78, 5) is 21.0. The van der Waals surface area contributed by atoms with Crippen LogP contribution in [0.1, 0.15) is 45.4 Å². The van der Waals surface area contributed by atoms with Crippen molar-refractivity contribution in [2.75, 3.05) is 13.2 Å². The lowest BCUT2D eigenvalue weighted by molar-refractivity contribution is -0.385. The first-order valence-electron chi connectivity index (χ1n) is 7.71. The Bertz CT molecular complexity index is 521. The van der Waals surface area contributed by atoms with Crippen LogP contribution in [0.15, 0.2) is 18.2 Å². The molecule has 0 radical (unpaired) electrons. The monoisotopic (exact) mass is 343 g/mol. The van der Waals surface area contributed by atoms with Crippen molar-refractivity contribution in [1.82, 2.24) is 0 Å². The second-order valence-electron chi connectivity index (χ2n) is 5.18. The van der Waals surface area contributed by atoms with Gasteiger partial charge in [-0.2, -0.15) is 0 Å². The number of unbranched alkanes of at least 4 members (excludes halogenated alkanes) is 5. The molecule has 0 saturated carbocycles. The Kier molecular flexibility index (Phi) is 9.05. The zero-order valence-corrected chi connectivity index (χ0v) is 14.0. The van der Waals surface area contributed by atoms with Crippen molar-refractivity contribution in [2.45, 2.75) is 45.4 Å². The summed E-state index contributed by atoms with van der Waals surface area (Å²) < 4.78 is 10.3. The smallest absolute Gasteiger partial charge is 0.312 e. The summed E-state index contributed by atoms with van der Waals surface area (Å²) in [6.45, 7) is 2.33. The summed E-state index contributed by atoms with van der Waals surface area (Å²) in [7, 11) is 0. The maximum absolute atomic E-state index is 10.9. The number of benzene rings is 1. The van der Waals surface area contributed by atoms with E-state index in [-0.39, 0.29) is 17.4 Å². The topological polar surface area (TPSA) is 78.7 Å². The van der Waals surface area contributed by atoms with Gasteiger partial charge in [0.15, 0.2) is 5.75 Å². The Balaban J connectivity index is 2.12. The van der Waals surface area contributed by atoms with E-state index in [0.717, 1.165) is 38.5 Å². The molecule has 0 heterocycles. The molecule has 6 nitrogen and oxygen atoms in total. The van der Waals surface area contributed by atoms with Gasteiger partial charge in [-0.05, 0) is 25.0 Å². The van der Waals surface area contributed by atoms with Crippen LogP contribution in [0.25, 0.3) is 0 Å². The third-order valence-electron chi connectivity index (χ3n) is 3.22. The fraction of sp³-hybridized carbons (Fsp3) is 0.562. The summed E-state index contributed by atoms with van der Waals surface area (Å²) in [6.07, 6.45) is 5.87. The molecule has 0 amide bonds. The molecule has 1 rings (SSSR count). The third kappa shape index (κ3) is 8.40. The van der Waals surface area contributed by atoms with E-state index in [9.17, 15) is 14.9 Å². The van der Waals surface area contributed by atoms with Gasteiger partial charge in [0.1, 0.15) is 0 Å². The number of carbonyl (C=O) groups excluding carboxylic acids is 1. The highest BCUT2D eigenvalue weighted by Crippen LogP contribution is 2.30. The van der Waals surface area contributed by atoms with Crippen molar-refractivity contribution in [3.8, 4) is 5.75 Å². The zero-order chi connectivity index (χ0) is 17.1. The first-order chi connectivity index (χ1) is 11.0. The first kappa shape index (κ1) is 19.2. The number of hydrogen-bond donors (Lipinski definition) is 0. The number of halogens is 1. The van der Waals surface area contributed by atoms with E-state index >= 15 is 0 Å². The van der Waals surface area contributed by atoms with Crippen LogP contribution >= 0.6 is 11.6 Å². The number of nitro groups is 1. The molecule has 1 aromatic rings. The molecule has 128 valence electrons. The molecular weight excluding hydrogens is 322 g/mol. The predicted octanol–water partition coefficient (Wildman–Crippen LogP) is 4.53. The minimum Gasteiger partial charge on any atom is -0.487 e. The SMILES string of the molecule is CC(=O)OCCCCCCCCOc1ccc(Cl)cc1[N+](=O)[O-]. The molecular formula is C16H22ClNO5. The van der Waals surface area contributed by atoms with Crippen LogP contribution in [-0.2, 0) is 9.53 Å². The van der Waals surface area contributed by atoms with E-state index in [1.54, 1.807) is 6.07 Å². The molecule has 0 fully saturated rings. The molecule has 23 heavy (non-hydrogen) atoms. The average molecular weight is 344 g/mol. The fourth-order valence-electron chi connectivity index (χ4n) is 2.06. The fourth-order valence-corrected chi connectivity index (χ4v) is 2.23. The first-order valence-corrected chi connectivity index (χ1v) is 8.08.